The van der Waals surface area contributed by atoms with E-state index in [4.69, 9.17) is 4.74 Å². The van der Waals surface area contributed by atoms with Crippen molar-refractivity contribution in [2.45, 2.75) is 6.54 Å². The maximum Gasteiger partial charge on any atom is 0.343 e. The zero-order valence-corrected chi connectivity index (χ0v) is 11.1. The highest BCUT2D eigenvalue weighted by molar-refractivity contribution is 5.70. The van der Waals surface area contributed by atoms with Crippen LogP contribution in [0.1, 0.15) is 5.69 Å². The molecule has 0 aliphatic rings. The molecule has 0 fully saturated rings. The number of carbonyl (C=O) groups is 1. The third-order valence-corrected chi connectivity index (χ3v) is 2.53. The van der Waals surface area contributed by atoms with E-state index in [0.29, 0.717) is 12.3 Å². The highest BCUT2D eigenvalue weighted by Gasteiger charge is 2.01. The van der Waals surface area contributed by atoms with E-state index in [2.05, 4.69) is 20.0 Å². The average Bonchev–Trinajstić information content (AvgIpc) is 2.52. The molecule has 2 aromatic rings. The lowest BCUT2D eigenvalue weighted by atomic mass is 10.3. The number of hydrogen-bond acceptors (Lipinski definition) is 6. The summed E-state index contributed by atoms with van der Waals surface area (Å²) in [7, 11) is 1.32. The molecule has 0 spiro atoms. The first-order chi connectivity index (χ1) is 9.78. The predicted molar refractivity (Wildman–Crippen MR) is 73.3 cm³/mol. The monoisotopic (exact) mass is 273 g/mol. The number of nitrogens with one attached hydrogen (secondary N) is 1. The first kappa shape index (κ1) is 13.8. The maximum atomic E-state index is 10.9. The summed E-state index contributed by atoms with van der Waals surface area (Å²) in [5, 5.41) is 3.21. The summed E-state index contributed by atoms with van der Waals surface area (Å²) >= 11 is 0. The van der Waals surface area contributed by atoms with Gasteiger partial charge in [0.2, 0.25) is 0 Å². The number of aromatic nitrogens is 2. The van der Waals surface area contributed by atoms with Crippen LogP contribution in [0.25, 0.3) is 0 Å². The Labute approximate surface area is 116 Å². The van der Waals surface area contributed by atoms with Gasteiger partial charge in [0.05, 0.1) is 25.5 Å². The molecule has 20 heavy (non-hydrogen) atoms. The molecule has 6 heteroatoms. The van der Waals surface area contributed by atoms with Crippen molar-refractivity contribution in [2.75, 3.05) is 19.0 Å². The summed E-state index contributed by atoms with van der Waals surface area (Å²) in [6.45, 7) is 0.499. The number of esters is 1. The van der Waals surface area contributed by atoms with Crippen molar-refractivity contribution in [3.63, 3.8) is 0 Å². The topological polar surface area (TPSA) is 73.3 Å². The molecule has 0 unspecified atom stereocenters. The van der Waals surface area contributed by atoms with Crippen LogP contribution < -0.4 is 10.1 Å². The van der Waals surface area contributed by atoms with Crippen LogP contribution in [0.15, 0.2) is 42.9 Å². The molecule has 0 saturated heterocycles. The van der Waals surface area contributed by atoms with Crippen molar-refractivity contribution < 1.29 is 14.3 Å². The fraction of sp³-hybridized carbons (Fsp3) is 0.214. The molecule has 1 N–H and O–H groups in total. The smallest absolute Gasteiger partial charge is 0.343 e. The Morgan fingerprint density at radius 1 is 1.25 bits per heavy atom. The minimum absolute atomic E-state index is 0.0944. The van der Waals surface area contributed by atoms with Crippen LogP contribution >= 0.6 is 0 Å². The average molecular weight is 273 g/mol. The Balaban J connectivity index is 1.84. The Morgan fingerprint density at radius 3 is 2.70 bits per heavy atom. The second-order valence-electron chi connectivity index (χ2n) is 3.94. The number of nitrogens with zero attached hydrogens (tertiary/aromatic N) is 2. The SMILES string of the molecule is COC(=O)COc1ccc(NCc2cnccn2)cc1. The minimum atomic E-state index is -0.408. The van der Waals surface area contributed by atoms with Crippen LogP contribution in [0.3, 0.4) is 0 Å². The van der Waals surface area contributed by atoms with Crippen molar-refractivity contribution in [2.24, 2.45) is 0 Å². The van der Waals surface area contributed by atoms with E-state index < -0.39 is 5.97 Å². The lowest BCUT2D eigenvalue weighted by Crippen LogP contribution is -2.12. The van der Waals surface area contributed by atoms with Crippen molar-refractivity contribution in [1.29, 1.82) is 0 Å². The Bertz CT molecular complexity index is 543. The Morgan fingerprint density at radius 2 is 2.05 bits per heavy atom. The van der Waals surface area contributed by atoms with Crippen LogP contribution in [-0.2, 0) is 16.1 Å². The van der Waals surface area contributed by atoms with Gasteiger partial charge < -0.3 is 14.8 Å². The summed E-state index contributed by atoms with van der Waals surface area (Å²) in [6, 6.07) is 7.29. The van der Waals surface area contributed by atoms with Gasteiger partial charge in [-0.3, -0.25) is 9.97 Å². The lowest BCUT2D eigenvalue weighted by Gasteiger charge is -2.08. The summed E-state index contributed by atoms with van der Waals surface area (Å²) in [5.41, 5.74) is 1.79. The van der Waals surface area contributed by atoms with Crippen LogP contribution in [0, 0.1) is 0 Å². The second-order valence-corrected chi connectivity index (χ2v) is 3.94. The molecule has 1 heterocycles. The molecule has 0 radical (unpaired) electrons. The summed E-state index contributed by atoms with van der Waals surface area (Å²) in [4.78, 5) is 19.1. The fourth-order valence-electron chi connectivity index (χ4n) is 1.48. The maximum absolute atomic E-state index is 10.9. The van der Waals surface area contributed by atoms with Gasteiger partial charge in [-0.05, 0) is 24.3 Å². The summed E-state index contributed by atoms with van der Waals surface area (Å²) in [6.07, 6.45) is 5.00. The van der Waals surface area contributed by atoms with Crippen LogP contribution in [0.5, 0.6) is 5.75 Å². The zero-order valence-electron chi connectivity index (χ0n) is 11.1. The number of benzene rings is 1. The molecule has 0 amide bonds. The normalized spacial score (nSPS) is 9.85. The number of hydrogen-bond donors (Lipinski definition) is 1. The van der Waals surface area contributed by atoms with Gasteiger partial charge in [-0.2, -0.15) is 0 Å². The fourth-order valence-corrected chi connectivity index (χ4v) is 1.48. The van der Waals surface area contributed by atoms with Crippen molar-refractivity contribution in [3.8, 4) is 5.75 Å². The molecule has 0 saturated carbocycles. The number of carbonyl (C=O) groups excluding carboxylic acids is 1. The van der Waals surface area contributed by atoms with Gasteiger partial charge in [0, 0.05) is 18.1 Å². The van der Waals surface area contributed by atoms with Gasteiger partial charge >= 0.3 is 5.97 Å². The van der Waals surface area contributed by atoms with E-state index in [-0.39, 0.29) is 6.61 Å². The third kappa shape index (κ3) is 4.24. The van der Waals surface area contributed by atoms with E-state index >= 15 is 0 Å². The van der Waals surface area contributed by atoms with Crippen molar-refractivity contribution in [3.05, 3.63) is 48.5 Å². The summed E-state index contributed by atoms with van der Waals surface area (Å²) in [5.74, 6) is 0.204. The van der Waals surface area contributed by atoms with E-state index in [9.17, 15) is 4.79 Å². The molecule has 1 aromatic carbocycles. The molecular formula is C14H15N3O3. The van der Waals surface area contributed by atoms with E-state index in [1.165, 1.54) is 7.11 Å². The van der Waals surface area contributed by atoms with Crippen LogP contribution in [-0.4, -0.2) is 29.7 Å². The minimum Gasteiger partial charge on any atom is -0.482 e. The van der Waals surface area contributed by atoms with Crippen molar-refractivity contribution >= 4 is 11.7 Å². The Hall–Kier alpha value is -2.63. The van der Waals surface area contributed by atoms with Gasteiger partial charge in [-0.15, -0.1) is 0 Å². The molecule has 0 aliphatic heterocycles. The van der Waals surface area contributed by atoms with Crippen LogP contribution in [0.4, 0.5) is 5.69 Å². The molecule has 0 aliphatic carbocycles. The first-order valence-corrected chi connectivity index (χ1v) is 6.06. The quantitative estimate of drug-likeness (QED) is 0.807. The molecular weight excluding hydrogens is 258 g/mol. The third-order valence-electron chi connectivity index (χ3n) is 2.53. The van der Waals surface area contributed by atoms with Gasteiger partial charge in [0.15, 0.2) is 6.61 Å². The van der Waals surface area contributed by atoms with Gasteiger partial charge in [-0.1, -0.05) is 0 Å². The summed E-state index contributed by atoms with van der Waals surface area (Å²) < 4.78 is 9.75. The van der Waals surface area contributed by atoms with Gasteiger partial charge in [0.25, 0.3) is 0 Å². The molecule has 6 nitrogen and oxygen atoms in total. The highest BCUT2D eigenvalue weighted by Crippen LogP contribution is 2.16. The molecule has 0 bridgehead atoms. The molecule has 0 atom stereocenters. The number of rotatable bonds is 6. The van der Waals surface area contributed by atoms with Crippen molar-refractivity contribution in [1.82, 2.24) is 9.97 Å². The Kier molecular flexibility index (Phi) is 4.88. The van der Waals surface area contributed by atoms with E-state index in [1.54, 1.807) is 30.7 Å². The number of methoxy groups -OCH3 is 1. The van der Waals surface area contributed by atoms with Gasteiger partial charge in [0.1, 0.15) is 5.75 Å². The molecule has 104 valence electrons. The van der Waals surface area contributed by atoms with E-state index in [1.807, 2.05) is 12.1 Å². The molecule has 1 aromatic heterocycles. The highest BCUT2D eigenvalue weighted by atomic mass is 16.6. The predicted octanol–water partition coefficient (Wildman–Crippen LogP) is 1.64. The lowest BCUT2D eigenvalue weighted by molar-refractivity contribution is -0.142. The number of ether oxygens (including phenoxy) is 2. The van der Waals surface area contributed by atoms with Gasteiger partial charge in [-0.25, -0.2) is 4.79 Å². The van der Waals surface area contributed by atoms with E-state index in [0.717, 1.165) is 11.4 Å². The first-order valence-electron chi connectivity index (χ1n) is 6.06. The second kappa shape index (κ2) is 7.08. The standard InChI is InChI=1S/C14H15N3O3/c1-19-14(18)10-20-13-4-2-11(3-5-13)17-9-12-8-15-6-7-16-12/h2-8,17H,9-10H2,1H3. The zero-order chi connectivity index (χ0) is 14.2. The molecule has 2 rings (SSSR count). The largest absolute Gasteiger partial charge is 0.482 e. The van der Waals surface area contributed by atoms with Crippen LogP contribution in [0.2, 0.25) is 0 Å². The number of anilines is 1.